The van der Waals surface area contributed by atoms with Crippen molar-refractivity contribution in [2.45, 2.75) is 52.9 Å². The molecule has 1 aromatic heterocycles. The molecular weight excluding hydrogens is 520 g/mol. The van der Waals surface area contributed by atoms with Crippen LogP contribution < -0.4 is 4.90 Å². The van der Waals surface area contributed by atoms with E-state index in [1.54, 1.807) is 12.4 Å². The molecule has 0 aliphatic carbocycles. The van der Waals surface area contributed by atoms with Crippen LogP contribution in [0.3, 0.4) is 0 Å². The number of allylic oxidation sites excluding steroid dienone is 1. The Kier molecular flexibility index (Phi) is 9.90. The van der Waals surface area contributed by atoms with Crippen LogP contribution in [0.25, 0.3) is 11.4 Å². The molecule has 0 radical (unpaired) electrons. The van der Waals surface area contributed by atoms with E-state index in [2.05, 4.69) is 88.8 Å². The molecule has 3 heterocycles. The van der Waals surface area contributed by atoms with Gasteiger partial charge in [0.25, 0.3) is 0 Å². The fourth-order valence-corrected chi connectivity index (χ4v) is 6.40. The van der Waals surface area contributed by atoms with E-state index in [1.807, 2.05) is 18.2 Å². The van der Waals surface area contributed by atoms with Crippen molar-refractivity contribution in [3.63, 3.8) is 0 Å². The van der Waals surface area contributed by atoms with Gasteiger partial charge < -0.3 is 14.9 Å². The summed E-state index contributed by atoms with van der Waals surface area (Å²) in [5.41, 5.74) is 6.91. The zero-order chi connectivity index (χ0) is 29.5. The zero-order valence-corrected chi connectivity index (χ0v) is 25.7. The van der Waals surface area contributed by atoms with Crippen LogP contribution in [-0.4, -0.2) is 76.4 Å². The Labute approximate surface area is 251 Å². The van der Waals surface area contributed by atoms with Crippen molar-refractivity contribution < 1.29 is 5.11 Å². The van der Waals surface area contributed by atoms with E-state index >= 15 is 0 Å². The minimum atomic E-state index is 0.374. The van der Waals surface area contributed by atoms with Crippen molar-refractivity contribution in [2.75, 3.05) is 50.7 Å². The number of rotatable bonds is 10. The largest absolute Gasteiger partial charge is 0.508 e. The average Bonchev–Trinajstić information content (AvgIpc) is 3.51. The molecule has 1 atom stereocenters. The molecule has 7 heteroatoms. The monoisotopic (exact) mass is 566 g/mol. The van der Waals surface area contributed by atoms with Gasteiger partial charge in [-0.15, -0.1) is 0 Å². The smallest absolute Gasteiger partial charge is 0.159 e. The van der Waals surface area contributed by atoms with Gasteiger partial charge in [-0.2, -0.15) is 0 Å². The fourth-order valence-electron chi connectivity index (χ4n) is 6.40. The van der Waals surface area contributed by atoms with Crippen LogP contribution in [-0.2, 0) is 0 Å². The van der Waals surface area contributed by atoms with Gasteiger partial charge in [0.05, 0.1) is 5.69 Å². The molecule has 3 aromatic rings. The number of benzene rings is 2. The van der Waals surface area contributed by atoms with Gasteiger partial charge in [0.1, 0.15) is 5.75 Å². The topological polar surface area (TPSA) is 68.1 Å². The molecule has 0 spiro atoms. The minimum absolute atomic E-state index is 0.374. The van der Waals surface area contributed by atoms with Gasteiger partial charge in [0, 0.05) is 80.2 Å². The predicted molar refractivity (Wildman–Crippen MR) is 174 cm³/mol. The maximum absolute atomic E-state index is 10.4. The normalized spacial score (nSPS) is 18.7. The van der Waals surface area contributed by atoms with Crippen molar-refractivity contribution in [3.05, 3.63) is 78.3 Å². The number of hydrogen-bond donors (Lipinski definition) is 1. The molecule has 222 valence electrons. The number of phenols is 1. The maximum Gasteiger partial charge on any atom is 0.159 e. The molecule has 2 aliphatic heterocycles. The lowest BCUT2D eigenvalue weighted by atomic mass is 9.93. The Morgan fingerprint density at radius 2 is 1.71 bits per heavy atom. The molecule has 2 saturated heterocycles. The number of anilines is 1. The number of phenolic OH excluding ortho intramolecular Hbond substituents is 1. The first kappa shape index (κ1) is 29.8. The molecule has 0 saturated carbocycles. The van der Waals surface area contributed by atoms with Crippen LogP contribution in [0.5, 0.6) is 5.75 Å². The third kappa shape index (κ3) is 7.01. The van der Waals surface area contributed by atoms with E-state index in [4.69, 9.17) is 4.99 Å². The van der Waals surface area contributed by atoms with Crippen molar-refractivity contribution in [1.82, 2.24) is 19.8 Å². The lowest BCUT2D eigenvalue weighted by Gasteiger charge is -2.39. The molecule has 0 bridgehead atoms. The van der Waals surface area contributed by atoms with Crippen LogP contribution in [0, 0.1) is 5.92 Å². The highest BCUT2D eigenvalue weighted by molar-refractivity contribution is 5.87. The lowest BCUT2D eigenvalue weighted by Crippen LogP contribution is -2.47. The van der Waals surface area contributed by atoms with Crippen LogP contribution in [0.1, 0.15) is 58.4 Å². The Morgan fingerprint density at radius 3 is 2.38 bits per heavy atom. The molecule has 2 aromatic carbocycles. The Hall–Kier alpha value is -3.71. The summed E-state index contributed by atoms with van der Waals surface area (Å²) in [6.07, 6.45) is 9.05. The average molecular weight is 567 g/mol. The van der Waals surface area contributed by atoms with Crippen LogP contribution >= 0.6 is 0 Å². The van der Waals surface area contributed by atoms with Gasteiger partial charge in [0.2, 0.25) is 0 Å². The molecular formula is C35H46N6O. The zero-order valence-electron chi connectivity index (χ0n) is 25.7. The van der Waals surface area contributed by atoms with E-state index in [1.165, 1.54) is 17.1 Å². The standard InChI is InChI=1S/C35H46N6O/c1-5-27(6-2)33-23-30(11-14-34(33)42)38-26(4)29-15-18-39(24-29)25-31(7-3)40-19-21-41(22-20-40)32-12-9-28(10-13-32)35-36-16-8-17-37-35/h7-14,16-17,23,27,29,42H,5-6,15,18-22,24-25H2,1-4H3. The van der Waals surface area contributed by atoms with E-state index < -0.39 is 0 Å². The number of likely N-dealkylation sites (tertiary alicyclic amines) is 1. The first-order valence-electron chi connectivity index (χ1n) is 15.6. The Balaban J connectivity index is 1.13. The minimum Gasteiger partial charge on any atom is -0.508 e. The summed E-state index contributed by atoms with van der Waals surface area (Å²) in [6.45, 7) is 15.9. The number of aliphatic imine (C=N–C) groups is 1. The molecule has 1 N–H and O–H groups in total. The van der Waals surface area contributed by atoms with Crippen molar-refractivity contribution >= 4 is 17.1 Å². The Bertz CT molecular complexity index is 1360. The molecule has 2 aliphatic rings. The van der Waals surface area contributed by atoms with Gasteiger partial charge in [-0.25, -0.2) is 9.97 Å². The van der Waals surface area contributed by atoms with Gasteiger partial charge in [0.15, 0.2) is 5.82 Å². The van der Waals surface area contributed by atoms with Gasteiger partial charge in [-0.3, -0.25) is 9.89 Å². The van der Waals surface area contributed by atoms with E-state index in [-0.39, 0.29) is 0 Å². The molecule has 0 amide bonds. The fraction of sp³-hybridized carbons (Fsp3) is 0.457. The number of piperazine rings is 1. The predicted octanol–water partition coefficient (Wildman–Crippen LogP) is 6.89. The number of aromatic nitrogens is 2. The van der Waals surface area contributed by atoms with Crippen LogP contribution in [0.4, 0.5) is 11.4 Å². The third-order valence-corrected chi connectivity index (χ3v) is 9.07. The summed E-state index contributed by atoms with van der Waals surface area (Å²) in [5.74, 6) is 2.00. The van der Waals surface area contributed by atoms with E-state index in [9.17, 15) is 5.11 Å². The van der Waals surface area contributed by atoms with Gasteiger partial charge in [-0.05, 0) is 99.7 Å². The molecule has 42 heavy (non-hydrogen) atoms. The summed E-state index contributed by atoms with van der Waals surface area (Å²) in [7, 11) is 0. The second kappa shape index (κ2) is 14.0. The molecule has 5 rings (SSSR count). The first-order valence-corrected chi connectivity index (χ1v) is 15.6. The quantitative estimate of drug-likeness (QED) is 0.270. The summed E-state index contributed by atoms with van der Waals surface area (Å²) in [5, 5.41) is 10.4. The van der Waals surface area contributed by atoms with Gasteiger partial charge in [-0.1, -0.05) is 19.9 Å². The van der Waals surface area contributed by atoms with Crippen LogP contribution in [0.15, 0.2) is 77.7 Å². The van der Waals surface area contributed by atoms with Crippen molar-refractivity contribution in [3.8, 4) is 17.1 Å². The second-order valence-electron chi connectivity index (χ2n) is 11.6. The molecule has 7 nitrogen and oxygen atoms in total. The summed E-state index contributed by atoms with van der Waals surface area (Å²) < 4.78 is 0. The van der Waals surface area contributed by atoms with Crippen molar-refractivity contribution in [1.29, 1.82) is 0 Å². The summed E-state index contributed by atoms with van der Waals surface area (Å²) in [4.78, 5) is 21.4. The highest BCUT2D eigenvalue weighted by Crippen LogP contribution is 2.34. The lowest BCUT2D eigenvalue weighted by molar-refractivity contribution is 0.267. The SMILES string of the molecule is CC=C(CN1CCC(C(C)=Nc2ccc(O)c(C(CC)CC)c2)C1)N1CCN(c2ccc(-c3ncccn3)cc2)CC1. The van der Waals surface area contributed by atoms with Crippen molar-refractivity contribution in [2.24, 2.45) is 10.9 Å². The van der Waals surface area contributed by atoms with Crippen LogP contribution in [0.2, 0.25) is 0 Å². The highest BCUT2D eigenvalue weighted by Gasteiger charge is 2.27. The first-order chi connectivity index (χ1) is 20.5. The third-order valence-electron chi connectivity index (χ3n) is 9.07. The molecule has 2 fully saturated rings. The number of nitrogens with zero attached hydrogens (tertiary/aromatic N) is 6. The maximum atomic E-state index is 10.4. The molecule has 1 unspecified atom stereocenters. The summed E-state index contributed by atoms with van der Waals surface area (Å²) in [6, 6.07) is 16.3. The Morgan fingerprint density at radius 1 is 1.00 bits per heavy atom. The number of hydrogen-bond acceptors (Lipinski definition) is 7. The second-order valence-corrected chi connectivity index (χ2v) is 11.6. The number of aromatic hydroxyl groups is 1. The van der Waals surface area contributed by atoms with E-state index in [0.29, 0.717) is 17.6 Å². The van der Waals surface area contributed by atoms with Gasteiger partial charge >= 0.3 is 0 Å². The highest BCUT2D eigenvalue weighted by atomic mass is 16.3. The van der Waals surface area contributed by atoms with E-state index in [0.717, 1.165) is 87.7 Å². The summed E-state index contributed by atoms with van der Waals surface area (Å²) >= 11 is 0.